The summed E-state index contributed by atoms with van der Waals surface area (Å²) in [6.07, 6.45) is -0.260. The molecule has 3 N–H and O–H groups in total. The molecule has 0 radical (unpaired) electrons. The van der Waals surface area contributed by atoms with Crippen LogP contribution in [-0.4, -0.2) is 62.3 Å². The minimum absolute atomic E-state index is 0.132. The number of rotatable bonds is 13. The van der Waals surface area contributed by atoms with E-state index in [9.17, 15) is 24.5 Å². The van der Waals surface area contributed by atoms with E-state index < -0.39 is 34.7 Å². The summed E-state index contributed by atoms with van der Waals surface area (Å²) < 4.78 is 14.8. The molecule has 160 valence electrons. The Bertz CT molecular complexity index is 708. The van der Waals surface area contributed by atoms with Gasteiger partial charge in [-0.15, -0.1) is 0 Å². The lowest BCUT2D eigenvalue weighted by atomic mass is 9.87. The smallest absolute Gasteiger partial charge is 0.306 e. The highest BCUT2D eigenvalue weighted by atomic mass is 16.6. The molecule has 0 heterocycles. The van der Waals surface area contributed by atoms with Crippen LogP contribution in [0.25, 0.3) is 0 Å². The Morgan fingerprint density at radius 3 is 2.38 bits per heavy atom. The SMILES string of the molecule is CCOC(=O)C[C@@H](c1ccc([N+](=O)[O-])cc1)[C@H](NC(=O)COCCOC)C(N)=O. The first-order valence-corrected chi connectivity index (χ1v) is 8.85. The quantitative estimate of drug-likeness (QED) is 0.202. The largest absolute Gasteiger partial charge is 0.466 e. The van der Waals surface area contributed by atoms with Crippen molar-refractivity contribution in [2.45, 2.75) is 25.3 Å². The standard InChI is InChI=1S/C18H25N3O8/c1-3-29-16(23)10-14(12-4-6-13(7-5-12)21(25)26)17(18(19)24)20-15(22)11-28-9-8-27-2/h4-7,14,17H,3,8-11H2,1-2H3,(H2,19,24)(H,20,22)/t14-,17-/m0/s1. The first kappa shape index (κ1) is 24.0. The summed E-state index contributed by atoms with van der Waals surface area (Å²) in [5, 5.41) is 13.3. The minimum Gasteiger partial charge on any atom is -0.466 e. The van der Waals surface area contributed by atoms with E-state index in [1.54, 1.807) is 6.92 Å². The van der Waals surface area contributed by atoms with Crippen molar-refractivity contribution in [3.05, 3.63) is 39.9 Å². The Balaban J connectivity index is 3.04. The fourth-order valence-electron chi connectivity index (χ4n) is 2.56. The van der Waals surface area contributed by atoms with Crippen molar-refractivity contribution in [2.24, 2.45) is 5.73 Å². The minimum atomic E-state index is -1.25. The molecule has 0 aliphatic heterocycles. The van der Waals surface area contributed by atoms with Gasteiger partial charge in [0, 0.05) is 25.2 Å². The molecule has 0 aromatic heterocycles. The van der Waals surface area contributed by atoms with Crippen molar-refractivity contribution >= 4 is 23.5 Å². The number of non-ortho nitro benzene ring substituents is 1. The van der Waals surface area contributed by atoms with Crippen LogP contribution in [0.2, 0.25) is 0 Å². The Labute approximate surface area is 167 Å². The maximum atomic E-state index is 12.1. The van der Waals surface area contributed by atoms with E-state index in [-0.39, 0.29) is 31.9 Å². The summed E-state index contributed by atoms with van der Waals surface area (Å²) in [5.41, 5.74) is 5.71. The van der Waals surface area contributed by atoms with E-state index in [0.29, 0.717) is 12.2 Å². The number of carbonyl (C=O) groups excluding carboxylic acids is 3. The molecule has 11 nitrogen and oxygen atoms in total. The molecule has 2 atom stereocenters. The number of carbonyl (C=O) groups is 3. The molecule has 0 aliphatic carbocycles. The van der Waals surface area contributed by atoms with Crippen LogP contribution < -0.4 is 11.1 Å². The lowest BCUT2D eigenvalue weighted by Gasteiger charge is -2.25. The molecule has 0 unspecified atom stereocenters. The van der Waals surface area contributed by atoms with Gasteiger partial charge in [-0.3, -0.25) is 24.5 Å². The van der Waals surface area contributed by atoms with E-state index in [1.807, 2.05) is 0 Å². The number of nitro benzene ring substituents is 1. The summed E-state index contributed by atoms with van der Waals surface area (Å²) in [6.45, 7) is 1.90. The van der Waals surface area contributed by atoms with Crippen LogP contribution in [0.1, 0.15) is 24.8 Å². The number of amides is 2. The molecule has 0 saturated heterocycles. The van der Waals surface area contributed by atoms with Gasteiger partial charge in [-0.25, -0.2) is 0 Å². The average molecular weight is 411 g/mol. The molecule has 0 saturated carbocycles. The van der Waals surface area contributed by atoms with Crippen LogP contribution in [0.3, 0.4) is 0 Å². The molecule has 0 spiro atoms. The molecule has 0 aliphatic rings. The molecule has 0 fully saturated rings. The second kappa shape index (κ2) is 12.4. The van der Waals surface area contributed by atoms with Gasteiger partial charge in [0.25, 0.3) is 5.69 Å². The molecule has 29 heavy (non-hydrogen) atoms. The number of nitrogens with one attached hydrogen (secondary N) is 1. The zero-order valence-electron chi connectivity index (χ0n) is 16.3. The maximum Gasteiger partial charge on any atom is 0.306 e. The topological polar surface area (TPSA) is 160 Å². The predicted octanol–water partition coefficient (Wildman–Crippen LogP) is 0.265. The van der Waals surface area contributed by atoms with Crippen molar-refractivity contribution < 1.29 is 33.5 Å². The molecule has 1 aromatic carbocycles. The van der Waals surface area contributed by atoms with Gasteiger partial charge in [0.05, 0.1) is 31.2 Å². The Morgan fingerprint density at radius 2 is 1.86 bits per heavy atom. The summed E-state index contributed by atoms with van der Waals surface area (Å²) in [5.74, 6) is -2.97. The number of ether oxygens (including phenoxy) is 3. The Hall–Kier alpha value is -3.05. The number of nitro groups is 1. The third-order valence-electron chi connectivity index (χ3n) is 3.91. The van der Waals surface area contributed by atoms with E-state index in [2.05, 4.69) is 5.32 Å². The fraction of sp³-hybridized carbons (Fsp3) is 0.500. The highest BCUT2D eigenvalue weighted by Gasteiger charge is 2.32. The molecular formula is C18H25N3O8. The van der Waals surface area contributed by atoms with Gasteiger partial charge < -0.3 is 25.3 Å². The second-order valence-corrected chi connectivity index (χ2v) is 5.96. The maximum absolute atomic E-state index is 12.1. The number of hydrogen-bond acceptors (Lipinski definition) is 8. The highest BCUT2D eigenvalue weighted by molar-refractivity contribution is 5.88. The van der Waals surface area contributed by atoms with Gasteiger partial charge in [0.15, 0.2) is 0 Å². The highest BCUT2D eigenvalue weighted by Crippen LogP contribution is 2.26. The van der Waals surface area contributed by atoms with Gasteiger partial charge in [-0.05, 0) is 12.5 Å². The summed E-state index contributed by atoms with van der Waals surface area (Å²) in [7, 11) is 1.48. The van der Waals surface area contributed by atoms with Crippen LogP contribution in [-0.2, 0) is 28.6 Å². The number of esters is 1. The van der Waals surface area contributed by atoms with Crippen molar-refractivity contribution in [3.63, 3.8) is 0 Å². The van der Waals surface area contributed by atoms with E-state index in [0.717, 1.165) is 0 Å². The van der Waals surface area contributed by atoms with Gasteiger partial charge in [-0.1, -0.05) is 12.1 Å². The summed E-state index contributed by atoms with van der Waals surface area (Å²) in [4.78, 5) is 46.5. The second-order valence-electron chi connectivity index (χ2n) is 5.96. The fourth-order valence-corrected chi connectivity index (χ4v) is 2.56. The van der Waals surface area contributed by atoms with Gasteiger partial charge in [0.1, 0.15) is 12.6 Å². The first-order valence-electron chi connectivity index (χ1n) is 8.85. The zero-order chi connectivity index (χ0) is 21.8. The van der Waals surface area contributed by atoms with Crippen LogP contribution in [0.4, 0.5) is 5.69 Å². The molecule has 0 bridgehead atoms. The average Bonchev–Trinajstić information content (AvgIpc) is 2.68. The first-order chi connectivity index (χ1) is 13.8. The van der Waals surface area contributed by atoms with Crippen LogP contribution in [0, 0.1) is 10.1 Å². The predicted molar refractivity (Wildman–Crippen MR) is 101 cm³/mol. The monoisotopic (exact) mass is 411 g/mol. The zero-order valence-corrected chi connectivity index (χ0v) is 16.3. The van der Waals surface area contributed by atoms with E-state index >= 15 is 0 Å². The molecule has 2 amide bonds. The van der Waals surface area contributed by atoms with Gasteiger partial charge in [-0.2, -0.15) is 0 Å². The molecule has 1 aromatic rings. The lowest BCUT2D eigenvalue weighted by Crippen LogP contribution is -2.49. The molecular weight excluding hydrogens is 386 g/mol. The number of nitrogens with zero attached hydrogens (tertiary/aromatic N) is 1. The normalized spacial score (nSPS) is 12.6. The van der Waals surface area contributed by atoms with E-state index in [1.165, 1.54) is 31.4 Å². The summed E-state index contributed by atoms with van der Waals surface area (Å²) in [6, 6.07) is 4.03. The summed E-state index contributed by atoms with van der Waals surface area (Å²) >= 11 is 0. The van der Waals surface area contributed by atoms with Crippen molar-refractivity contribution in [2.75, 3.05) is 33.5 Å². The van der Waals surface area contributed by atoms with Crippen molar-refractivity contribution in [1.29, 1.82) is 0 Å². The van der Waals surface area contributed by atoms with Crippen LogP contribution in [0.5, 0.6) is 0 Å². The van der Waals surface area contributed by atoms with Crippen LogP contribution in [0.15, 0.2) is 24.3 Å². The van der Waals surface area contributed by atoms with Crippen molar-refractivity contribution in [3.8, 4) is 0 Å². The number of primary amides is 1. The van der Waals surface area contributed by atoms with Gasteiger partial charge in [0.2, 0.25) is 11.8 Å². The molecule has 11 heteroatoms. The van der Waals surface area contributed by atoms with Crippen molar-refractivity contribution in [1.82, 2.24) is 5.32 Å². The van der Waals surface area contributed by atoms with E-state index in [4.69, 9.17) is 19.9 Å². The number of benzene rings is 1. The van der Waals surface area contributed by atoms with Gasteiger partial charge >= 0.3 is 5.97 Å². The van der Waals surface area contributed by atoms with Crippen LogP contribution >= 0.6 is 0 Å². The number of methoxy groups -OCH3 is 1. The Kier molecular flexibility index (Phi) is 10.3. The molecule has 1 rings (SSSR count). The number of hydrogen-bond donors (Lipinski definition) is 2. The third kappa shape index (κ3) is 8.23. The Morgan fingerprint density at radius 1 is 1.21 bits per heavy atom. The lowest BCUT2D eigenvalue weighted by molar-refractivity contribution is -0.384. The third-order valence-corrected chi connectivity index (χ3v) is 3.91. The number of nitrogens with two attached hydrogens (primary N) is 1.